The number of hydrogen-bond donors (Lipinski definition) is 15. The van der Waals surface area contributed by atoms with Crippen molar-refractivity contribution in [1.29, 1.82) is 10.8 Å². The molecule has 0 radical (unpaired) electrons. The zero-order valence-corrected chi connectivity index (χ0v) is 31.6. The van der Waals surface area contributed by atoms with Gasteiger partial charge >= 0.3 is 5.97 Å². The molecule has 0 unspecified atom stereocenters. The molecule has 0 bridgehead atoms. The first-order valence-corrected chi connectivity index (χ1v) is 18.0. The van der Waals surface area contributed by atoms with Crippen molar-refractivity contribution in [2.75, 3.05) is 26.2 Å². The third-order valence-corrected chi connectivity index (χ3v) is 8.64. The Balaban J connectivity index is 2.88. The maximum absolute atomic E-state index is 13.6. The zero-order chi connectivity index (χ0) is 42.0. The molecule has 0 aromatic carbocycles. The van der Waals surface area contributed by atoms with Gasteiger partial charge in [-0.15, -0.1) is 0 Å². The van der Waals surface area contributed by atoms with Crippen molar-refractivity contribution in [3.63, 3.8) is 0 Å². The van der Waals surface area contributed by atoms with Crippen molar-refractivity contribution in [2.24, 2.45) is 23.1 Å². The van der Waals surface area contributed by atoms with E-state index in [1.807, 2.05) is 0 Å². The Bertz CT molecular complexity index is 1380. The average molecular weight is 786 g/mol. The topological polar surface area (TPSA) is 393 Å². The van der Waals surface area contributed by atoms with Gasteiger partial charge < -0.3 is 74.6 Å². The van der Waals surface area contributed by atoms with Crippen LogP contribution in [0.3, 0.4) is 0 Å². The predicted molar refractivity (Wildman–Crippen MR) is 198 cm³/mol. The summed E-state index contributed by atoms with van der Waals surface area (Å²) in [7, 11) is 0. The van der Waals surface area contributed by atoms with Gasteiger partial charge in [0, 0.05) is 19.6 Å². The van der Waals surface area contributed by atoms with Crippen LogP contribution in [0.2, 0.25) is 0 Å². The number of nitrogens with one attached hydrogen (secondary N) is 9. The Morgan fingerprint density at radius 1 is 0.764 bits per heavy atom. The molecule has 1 fully saturated rings. The van der Waals surface area contributed by atoms with Crippen molar-refractivity contribution >= 4 is 53.3 Å². The number of hydrogen-bond acceptors (Lipinski definition) is 12. The second-order valence-corrected chi connectivity index (χ2v) is 13.6. The van der Waals surface area contributed by atoms with Gasteiger partial charge in [-0.2, -0.15) is 0 Å². The fourth-order valence-electron chi connectivity index (χ4n) is 5.50. The van der Waals surface area contributed by atoms with Crippen LogP contribution in [0.1, 0.15) is 66.2 Å². The van der Waals surface area contributed by atoms with Crippen molar-refractivity contribution in [3.05, 3.63) is 0 Å². The molecule has 1 saturated heterocycles. The maximum Gasteiger partial charge on any atom is 0.326 e. The minimum Gasteiger partial charge on any atom is -0.480 e. The second-order valence-electron chi connectivity index (χ2n) is 13.6. The van der Waals surface area contributed by atoms with Gasteiger partial charge in [0.15, 0.2) is 11.9 Å². The largest absolute Gasteiger partial charge is 0.480 e. The molecule has 0 spiro atoms. The molecule has 1 aliphatic rings. The molecule has 23 nitrogen and oxygen atoms in total. The van der Waals surface area contributed by atoms with E-state index in [9.17, 15) is 48.9 Å². The molecular formula is C32H59N13O10. The van der Waals surface area contributed by atoms with Gasteiger partial charge in [-0.25, -0.2) is 4.79 Å². The third kappa shape index (κ3) is 16.3. The molecule has 18 N–H and O–H groups in total. The molecule has 55 heavy (non-hydrogen) atoms. The fraction of sp³-hybridized carbons (Fsp3) is 0.719. The molecule has 1 rings (SSSR count). The third-order valence-electron chi connectivity index (χ3n) is 8.64. The standard InChI is InChI=1S/C32H59N13O10/c1-15(2)22(43-25(49)18(33)8-5-11-38-31(34)35)29(53)45-13-7-10-21(45)27(51)40-16(3)24(48)44-23(17(4)47)28(52)42-20(14-46)26(50)41-19(30(54)55)9-6-12-39-32(36)37/h15-23,46-47H,5-14,33H2,1-4H3,(H,40,51)(H,41,50)(H,42,52)(H,43,49)(H,44,48)(H,54,55)(H4,34,35,38)(H4,36,37,39)/t16-,17+,18-,19-,20-,21-,22-,23-/m0/s1. The van der Waals surface area contributed by atoms with E-state index >= 15 is 0 Å². The highest BCUT2D eigenvalue weighted by molar-refractivity contribution is 5.97. The quantitative estimate of drug-likeness (QED) is 0.0261. The van der Waals surface area contributed by atoms with E-state index < -0.39 is 96.4 Å². The van der Waals surface area contributed by atoms with Crippen molar-refractivity contribution in [2.45, 2.75) is 115 Å². The molecule has 8 atom stereocenters. The number of likely N-dealkylation sites (tertiary alicyclic amines) is 1. The van der Waals surface area contributed by atoms with Crippen LogP contribution in [0.4, 0.5) is 0 Å². The lowest BCUT2D eigenvalue weighted by Gasteiger charge is -2.31. The number of amides is 6. The lowest BCUT2D eigenvalue weighted by Crippen LogP contribution is -2.61. The minimum atomic E-state index is -1.68. The first-order valence-electron chi connectivity index (χ1n) is 18.0. The highest BCUT2D eigenvalue weighted by atomic mass is 16.4. The molecule has 0 aromatic heterocycles. The molecule has 1 heterocycles. The van der Waals surface area contributed by atoms with E-state index in [0.29, 0.717) is 19.4 Å². The van der Waals surface area contributed by atoms with Gasteiger partial charge in [0.1, 0.15) is 36.3 Å². The molecule has 6 amide bonds. The van der Waals surface area contributed by atoms with Gasteiger partial charge in [0.05, 0.1) is 18.8 Å². The van der Waals surface area contributed by atoms with Gasteiger partial charge in [0.2, 0.25) is 35.4 Å². The summed E-state index contributed by atoms with van der Waals surface area (Å²) in [5, 5.41) is 60.8. The van der Waals surface area contributed by atoms with Crippen LogP contribution in [-0.4, -0.2) is 148 Å². The number of carboxylic acids is 1. The van der Waals surface area contributed by atoms with Crippen LogP contribution in [0.25, 0.3) is 0 Å². The normalized spacial score (nSPS) is 17.6. The lowest BCUT2D eigenvalue weighted by atomic mass is 10.0. The first-order chi connectivity index (χ1) is 25.7. The Labute approximate surface area is 319 Å². The lowest BCUT2D eigenvalue weighted by molar-refractivity contribution is -0.143. The van der Waals surface area contributed by atoms with E-state index in [-0.39, 0.29) is 56.6 Å². The van der Waals surface area contributed by atoms with Crippen LogP contribution in [0.15, 0.2) is 0 Å². The summed E-state index contributed by atoms with van der Waals surface area (Å²) in [6.07, 6.45) is -0.00665. The summed E-state index contributed by atoms with van der Waals surface area (Å²) in [5.74, 6) is -7.15. The first kappa shape index (κ1) is 47.7. The van der Waals surface area contributed by atoms with Gasteiger partial charge in [-0.1, -0.05) is 13.8 Å². The molecule has 0 aromatic rings. The zero-order valence-electron chi connectivity index (χ0n) is 31.6. The van der Waals surface area contributed by atoms with Crippen LogP contribution in [0, 0.1) is 16.7 Å². The number of nitrogens with two attached hydrogens (primary N) is 3. The Hall–Kier alpha value is -5.29. The Morgan fingerprint density at radius 3 is 1.82 bits per heavy atom. The molecule has 0 aliphatic carbocycles. The number of rotatable bonds is 23. The van der Waals surface area contributed by atoms with Crippen LogP contribution >= 0.6 is 0 Å². The number of carbonyl (C=O) groups is 7. The Morgan fingerprint density at radius 2 is 1.31 bits per heavy atom. The van der Waals surface area contributed by atoms with Crippen LogP contribution in [0.5, 0.6) is 0 Å². The number of aliphatic hydroxyl groups is 2. The summed E-state index contributed by atoms with van der Waals surface area (Å²) >= 11 is 0. The number of nitrogens with zero attached hydrogens (tertiary/aromatic N) is 1. The van der Waals surface area contributed by atoms with E-state index in [1.165, 1.54) is 18.7 Å². The highest BCUT2D eigenvalue weighted by Crippen LogP contribution is 2.21. The fourth-order valence-corrected chi connectivity index (χ4v) is 5.50. The van der Waals surface area contributed by atoms with E-state index in [1.54, 1.807) is 13.8 Å². The average Bonchev–Trinajstić information content (AvgIpc) is 3.60. The van der Waals surface area contributed by atoms with E-state index in [4.69, 9.17) is 28.0 Å². The molecule has 23 heteroatoms. The number of carbonyl (C=O) groups excluding carboxylic acids is 6. The van der Waals surface area contributed by atoms with Gasteiger partial charge in [-0.3, -0.25) is 39.6 Å². The molecule has 1 aliphatic heterocycles. The summed E-state index contributed by atoms with van der Waals surface area (Å²) in [5.41, 5.74) is 16.4. The maximum atomic E-state index is 13.6. The summed E-state index contributed by atoms with van der Waals surface area (Å²) in [6, 6.07) is -9.01. The summed E-state index contributed by atoms with van der Waals surface area (Å²) in [6.45, 7) is 5.64. The number of aliphatic hydroxyl groups excluding tert-OH is 2. The van der Waals surface area contributed by atoms with E-state index in [0.717, 1.165) is 0 Å². The monoisotopic (exact) mass is 785 g/mol. The Kier molecular flexibility index (Phi) is 20.4. The predicted octanol–water partition coefficient (Wildman–Crippen LogP) is -5.61. The molecule has 0 saturated carbocycles. The molecular weight excluding hydrogens is 726 g/mol. The second kappa shape index (κ2) is 23.5. The smallest absolute Gasteiger partial charge is 0.326 e. The number of carboxylic acid groups (broad SMARTS) is 1. The highest BCUT2D eigenvalue weighted by Gasteiger charge is 2.40. The van der Waals surface area contributed by atoms with Crippen molar-refractivity contribution < 1.29 is 48.9 Å². The van der Waals surface area contributed by atoms with Gasteiger partial charge in [0.25, 0.3) is 0 Å². The number of guanidine groups is 2. The minimum absolute atomic E-state index is 0.0806. The van der Waals surface area contributed by atoms with Crippen LogP contribution < -0.4 is 54.4 Å². The van der Waals surface area contributed by atoms with Gasteiger partial charge in [-0.05, 0) is 58.3 Å². The van der Waals surface area contributed by atoms with E-state index in [2.05, 4.69) is 37.2 Å². The van der Waals surface area contributed by atoms with Crippen molar-refractivity contribution in [1.82, 2.24) is 42.1 Å². The molecule has 312 valence electrons. The summed E-state index contributed by atoms with van der Waals surface area (Å²) < 4.78 is 0. The van der Waals surface area contributed by atoms with Crippen molar-refractivity contribution in [3.8, 4) is 0 Å². The SMILES string of the molecule is CC(C)[C@H](NC(=O)[C@@H](N)CCCNC(=N)N)C(=O)N1CCC[C@H]1C(=O)N[C@@H](C)C(=O)N[C@H](C(=O)N[C@@H](CO)C(=O)N[C@@H](CCCNC(=N)N)C(=O)O)[C@@H](C)O. The number of aliphatic carboxylic acids is 1. The summed E-state index contributed by atoms with van der Waals surface area (Å²) in [4.78, 5) is 91.8. The van der Waals surface area contributed by atoms with Crippen LogP contribution in [-0.2, 0) is 33.6 Å².